The molecule has 1 fully saturated rings. The number of amides is 1. The molecule has 7 nitrogen and oxygen atoms in total. The van der Waals surface area contributed by atoms with Crippen LogP contribution in [0.3, 0.4) is 0 Å². The average Bonchev–Trinajstić information content (AvgIpc) is 2.66. The van der Waals surface area contributed by atoms with Crippen LogP contribution in [0.2, 0.25) is 0 Å². The Morgan fingerprint density at radius 1 is 1.26 bits per heavy atom. The molecule has 1 aliphatic rings. The number of anilines is 1. The van der Waals surface area contributed by atoms with Gasteiger partial charge in [-0.05, 0) is 52.7 Å². The van der Waals surface area contributed by atoms with E-state index in [2.05, 4.69) is 20.3 Å². The molecule has 168 valence electrons. The van der Waals surface area contributed by atoms with Gasteiger partial charge in [-0.1, -0.05) is 0 Å². The van der Waals surface area contributed by atoms with E-state index in [0.29, 0.717) is 24.9 Å². The van der Waals surface area contributed by atoms with E-state index in [1.807, 2.05) is 11.8 Å². The predicted octanol–water partition coefficient (Wildman–Crippen LogP) is 4.44. The van der Waals surface area contributed by atoms with Gasteiger partial charge in [-0.25, -0.2) is 14.8 Å². The topological polar surface area (TPSA) is 80.2 Å². The zero-order chi connectivity index (χ0) is 22.8. The van der Waals surface area contributed by atoms with Crippen molar-refractivity contribution in [3.63, 3.8) is 0 Å². The lowest BCUT2D eigenvalue weighted by molar-refractivity contribution is -0.141. The third-order valence-corrected chi connectivity index (χ3v) is 4.81. The predicted molar refractivity (Wildman–Crippen MR) is 109 cm³/mol. The molecule has 3 rings (SSSR count). The molecule has 2 atom stereocenters. The Hall–Kier alpha value is -2.91. The molecule has 0 aliphatic carbocycles. The number of alkyl halides is 3. The van der Waals surface area contributed by atoms with Crippen LogP contribution in [-0.2, 0) is 10.9 Å². The number of carbonyl (C=O) groups is 1. The minimum Gasteiger partial charge on any atom is -0.444 e. The molecular weight excluding hydrogens is 411 g/mol. The fourth-order valence-corrected chi connectivity index (χ4v) is 3.47. The molecule has 10 heteroatoms. The Balaban J connectivity index is 1.80. The smallest absolute Gasteiger partial charge is 0.433 e. The van der Waals surface area contributed by atoms with Crippen molar-refractivity contribution in [3.8, 4) is 11.4 Å². The van der Waals surface area contributed by atoms with Crippen molar-refractivity contribution in [2.45, 2.75) is 64.4 Å². The zero-order valence-corrected chi connectivity index (χ0v) is 17.9. The third kappa shape index (κ3) is 6.05. The number of halogens is 3. The molecular formula is C21H26F3N5O2. The van der Waals surface area contributed by atoms with E-state index in [1.54, 1.807) is 32.9 Å². The number of rotatable bonds is 3. The van der Waals surface area contributed by atoms with Gasteiger partial charge in [0.25, 0.3) is 0 Å². The van der Waals surface area contributed by atoms with Crippen molar-refractivity contribution in [2.75, 3.05) is 11.4 Å². The van der Waals surface area contributed by atoms with Crippen LogP contribution in [0.15, 0.2) is 30.6 Å². The molecule has 0 bridgehead atoms. The summed E-state index contributed by atoms with van der Waals surface area (Å²) in [6.45, 7) is 7.67. The van der Waals surface area contributed by atoms with Crippen molar-refractivity contribution in [2.24, 2.45) is 0 Å². The number of aromatic nitrogens is 3. The lowest BCUT2D eigenvalue weighted by Gasteiger charge is -2.39. The maximum absolute atomic E-state index is 13.5. The summed E-state index contributed by atoms with van der Waals surface area (Å²) in [6.07, 6.45) is -1.04. The maximum Gasteiger partial charge on any atom is 0.433 e. The first kappa shape index (κ1) is 22.8. The van der Waals surface area contributed by atoms with E-state index in [4.69, 9.17) is 4.74 Å². The largest absolute Gasteiger partial charge is 0.444 e. The second kappa shape index (κ2) is 8.68. The van der Waals surface area contributed by atoms with Gasteiger partial charge < -0.3 is 15.0 Å². The summed E-state index contributed by atoms with van der Waals surface area (Å²) in [5, 5.41) is 2.84. The fourth-order valence-electron chi connectivity index (χ4n) is 3.47. The van der Waals surface area contributed by atoms with Crippen LogP contribution < -0.4 is 10.2 Å². The summed E-state index contributed by atoms with van der Waals surface area (Å²) in [4.78, 5) is 25.9. The summed E-state index contributed by atoms with van der Waals surface area (Å²) in [7, 11) is 0. The van der Waals surface area contributed by atoms with Gasteiger partial charge in [-0.15, -0.1) is 0 Å². The van der Waals surface area contributed by atoms with Crippen molar-refractivity contribution >= 4 is 11.9 Å². The number of pyridine rings is 1. The molecule has 2 unspecified atom stereocenters. The number of hydrogen-bond donors (Lipinski definition) is 1. The first-order chi connectivity index (χ1) is 14.4. The maximum atomic E-state index is 13.5. The van der Waals surface area contributed by atoms with Crippen LogP contribution in [0.4, 0.5) is 23.8 Å². The van der Waals surface area contributed by atoms with Gasteiger partial charge in [-0.3, -0.25) is 4.98 Å². The van der Waals surface area contributed by atoms with E-state index in [-0.39, 0.29) is 23.7 Å². The lowest BCUT2D eigenvalue weighted by Crippen LogP contribution is -2.50. The highest BCUT2D eigenvalue weighted by molar-refractivity contribution is 5.68. The van der Waals surface area contributed by atoms with Gasteiger partial charge >= 0.3 is 12.3 Å². The highest BCUT2D eigenvalue weighted by Gasteiger charge is 2.36. The second-order valence-corrected chi connectivity index (χ2v) is 8.58. The lowest BCUT2D eigenvalue weighted by atomic mass is 9.98. The molecule has 0 aromatic carbocycles. The Kier molecular flexibility index (Phi) is 6.38. The second-order valence-electron chi connectivity index (χ2n) is 8.58. The van der Waals surface area contributed by atoms with Gasteiger partial charge in [0.2, 0.25) is 0 Å². The minimum absolute atomic E-state index is 0.0286. The molecule has 1 aliphatic heterocycles. The van der Waals surface area contributed by atoms with Gasteiger partial charge in [-0.2, -0.15) is 13.2 Å². The van der Waals surface area contributed by atoms with Gasteiger partial charge in [0.15, 0.2) is 11.5 Å². The monoisotopic (exact) mass is 437 g/mol. The molecule has 0 saturated carbocycles. The SMILES string of the molecule is CC1CC(NC(=O)OC(C)(C)C)CCN1c1cc(C(F)(F)F)nc(-c2cccnc2)n1. The fraction of sp³-hybridized carbons (Fsp3) is 0.524. The van der Waals surface area contributed by atoms with Crippen LogP contribution in [0.25, 0.3) is 11.4 Å². The number of piperidine rings is 1. The highest BCUT2D eigenvalue weighted by Crippen LogP contribution is 2.33. The van der Waals surface area contributed by atoms with E-state index in [0.717, 1.165) is 6.07 Å². The molecule has 1 amide bonds. The van der Waals surface area contributed by atoms with Crippen molar-refractivity contribution in [1.29, 1.82) is 0 Å². The Morgan fingerprint density at radius 3 is 2.58 bits per heavy atom. The van der Waals surface area contributed by atoms with Crippen molar-refractivity contribution in [3.05, 3.63) is 36.3 Å². The molecule has 0 spiro atoms. The number of nitrogens with one attached hydrogen (secondary N) is 1. The summed E-state index contributed by atoms with van der Waals surface area (Å²) in [5.41, 5.74) is -1.20. The van der Waals surface area contributed by atoms with Gasteiger partial charge in [0, 0.05) is 42.7 Å². The normalized spacial score (nSPS) is 19.8. The Labute approximate surface area is 179 Å². The summed E-state index contributed by atoms with van der Waals surface area (Å²) < 4.78 is 45.7. The molecule has 1 N–H and O–H groups in total. The zero-order valence-electron chi connectivity index (χ0n) is 17.9. The van der Waals surface area contributed by atoms with Gasteiger partial charge in [0.05, 0.1) is 0 Å². The van der Waals surface area contributed by atoms with Crippen LogP contribution in [0.5, 0.6) is 0 Å². The van der Waals surface area contributed by atoms with Crippen LogP contribution >= 0.6 is 0 Å². The van der Waals surface area contributed by atoms with E-state index in [9.17, 15) is 18.0 Å². The number of carbonyl (C=O) groups excluding carboxylic acids is 1. The standard InChI is InChI=1S/C21H26F3N5O2/c1-13-10-15(26-19(30)31-20(2,3)4)7-9-29(13)17-11-16(21(22,23)24)27-18(28-17)14-6-5-8-25-12-14/h5-6,8,11-13,15H,7,9-10H2,1-4H3,(H,26,30). The molecule has 2 aromatic heterocycles. The van der Waals surface area contributed by atoms with Crippen molar-refractivity contribution < 1.29 is 22.7 Å². The van der Waals surface area contributed by atoms with E-state index < -0.39 is 23.6 Å². The molecule has 3 heterocycles. The molecule has 1 saturated heterocycles. The number of ether oxygens (including phenoxy) is 1. The first-order valence-corrected chi connectivity index (χ1v) is 10.1. The summed E-state index contributed by atoms with van der Waals surface area (Å²) in [5.74, 6) is 0.170. The Morgan fingerprint density at radius 2 is 2.00 bits per heavy atom. The van der Waals surface area contributed by atoms with Crippen LogP contribution in [0.1, 0.15) is 46.2 Å². The van der Waals surface area contributed by atoms with E-state index in [1.165, 1.54) is 12.4 Å². The third-order valence-electron chi connectivity index (χ3n) is 4.81. The van der Waals surface area contributed by atoms with E-state index >= 15 is 0 Å². The summed E-state index contributed by atoms with van der Waals surface area (Å²) >= 11 is 0. The number of alkyl carbamates (subject to hydrolysis) is 1. The molecule has 31 heavy (non-hydrogen) atoms. The quantitative estimate of drug-likeness (QED) is 0.765. The highest BCUT2D eigenvalue weighted by atomic mass is 19.4. The first-order valence-electron chi connectivity index (χ1n) is 10.1. The molecule has 2 aromatic rings. The average molecular weight is 437 g/mol. The summed E-state index contributed by atoms with van der Waals surface area (Å²) in [6, 6.07) is 3.92. The number of hydrogen-bond acceptors (Lipinski definition) is 6. The Bertz CT molecular complexity index is 915. The van der Waals surface area contributed by atoms with Gasteiger partial charge in [0.1, 0.15) is 11.4 Å². The number of nitrogens with zero attached hydrogens (tertiary/aromatic N) is 4. The van der Waals surface area contributed by atoms with Crippen LogP contribution in [0, 0.1) is 0 Å². The molecule has 0 radical (unpaired) electrons. The van der Waals surface area contributed by atoms with Crippen molar-refractivity contribution in [1.82, 2.24) is 20.3 Å². The van der Waals surface area contributed by atoms with Crippen LogP contribution in [-0.4, -0.2) is 45.3 Å². The minimum atomic E-state index is -4.60.